The normalized spacial score (nSPS) is 16.8. The van der Waals surface area contributed by atoms with Crippen LogP contribution in [0.3, 0.4) is 0 Å². The average Bonchev–Trinajstić information content (AvgIpc) is 3.53. The summed E-state index contributed by atoms with van der Waals surface area (Å²) in [6, 6.07) is 22.7. The number of hydrogen-bond acceptors (Lipinski definition) is 6. The van der Waals surface area contributed by atoms with E-state index in [1.165, 1.54) is 4.88 Å². The topological polar surface area (TPSA) is 76.3 Å². The maximum absolute atomic E-state index is 13.1. The number of aromatic nitrogens is 2. The van der Waals surface area contributed by atoms with Crippen LogP contribution in [0.15, 0.2) is 87.6 Å². The van der Waals surface area contributed by atoms with Crippen LogP contribution in [0.2, 0.25) is 0 Å². The van der Waals surface area contributed by atoms with Gasteiger partial charge >= 0.3 is 0 Å². The van der Waals surface area contributed by atoms with Gasteiger partial charge in [0.15, 0.2) is 5.82 Å². The van der Waals surface area contributed by atoms with Crippen LogP contribution >= 0.6 is 11.3 Å². The molecule has 3 heterocycles. The van der Waals surface area contributed by atoms with E-state index >= 15 is 0 Å². The molecule has 164 valence electrons. The molecular formula is C24H23N3O3S2. The van der Waals surface area contributed by atoms with E-state index in [0.29, 0.717) is 49.0 Å². The zero-order chi connectivity index (χ0) is 22.0. The van der Waals surface area contributed by atoms with Crippen LogP contribution in [0.4, 0.5) is 0 Å². The van der Waals surface area contributed by atoms with Gasteiger partial charge in [0.25, 0.3) is 0 Å². The van der Waals surface area contributed by atoms with Crippen LogP contribution in [-0.4, -0.2) is 36.0 Å². The lowest BCUT2D eigenvalue weighted by Crippen LogP contribution is -2.45. The van der Waals surface area contributed by atoms with Crippen molar-refractivity contribution in [2.24, 2.45) is 0 Å². The van der Waals surface area contributed by atoms with Crippen molar-refractivity contribution < 1.29 is 12.9 Å². The fourth-order valence-corrected chi connectivity index (χ4v) is 6.49. The molecule has 0 atom stereocenters. The number of nitrogens with zero attached hydrogens (tertiary/aromatic N) is 3. The zero-order valence-electron chi connectivity index (χ0n) is 17.4. The molecule has 32 heavy (non-hydrogen) atoms. The van der Waals surface area contributed by atoms with Crippen LogP contribution in [-0.2, 0) is 21.9 Å². The van der Waals surface area contributed by atoms with Crippen molar-refractivity contribution in [3.63, 3.8) is 0 Å². The lowest BCUT2D eigenvalue weighted by Gasteiger charge is -2.39. The molecule has 6 nitrogen and oxygen atoms in total. The Labute approximate surface area is 191 Å². The van der Waals surface area contributed by atoms with Gasteiger partial charge in [0.2, 0.25) is 15.9 Å². The fourth-order valence-electron chi connectivity index (χ4n) is 4.32. The number of thiophene rings is 1. The zero-order valence-corrected chi connectivity index (χ0v) is 19.1. The molecule has 0 unspecified atom stereocenters. The van der Waals surface area contributed by atoms with E-state index < -0.39 is 15.4 Å². The molecule has 0 bridgehead atoms. The second kappa shape index (κ2) is 8.61. The summed E-state index contributed by atoms with van der Waals surface area (Å²) >= 11 is 1.66. The summed E-state index contributed by atoms with van der Waals surface area (Å²) in [6.07, 6.45) is 1.77. The van der Waals surface area contributed by atoms with Gasteiger partial charge < -0.3 is 4.52 Å². The molecule has 0 aliphatic carbocycles. The minimum Gasteiger partial charge on any atom is -0.338 e. The Morgan fingerprint density at radius 3 is 2.28 bits per heavy atom. The molecule has 0 amide bonds. The van der Waals surface area contributed by atoms with E-state index in [1.807, 2.05) is 35.7 Å². The molecule has 0 spiro atoms. The van der Waals surface area contributed by atoms with Crippen LogP contribution in [0.5, 0.6) is 0 Å². The standard InChI is InChI=1S/C24H23N3O3S2/c28-32(29,21-11-5-2-6-12-21)27-15-13-24(14-16-27,19-8-3-1-4-9-19)23-25-22(26-30-23)18-20-10-7-17-31-20/h1-12,17H,13-16,18H2. The highest BCUT2D eigenvalue weighted by atomic mass is 32.2. The minimum atomic E-state index is -3.54. The molecule has 1 fully saturated rings. The highest BCUT2D eigenvalue weighted by Gasteiger charge is 2.45. The summed E-state index contributed by atoms with van der Waals surface area (Å²) in [6.45, 7) is 0.767. The van der Waals surface area contributed by atoms with Crippen molar-refractivity contribution in [1.82, 2.24) is 14.4 Å². The second-order valence-corrected chi connectivity index (χ2v) is 10.9. The molecule has 8 heteroatoms. The number of hydrogen-bond donors (Lipinski definition) is 0. The number of sulfonamides is 1. The third-order valence-corrected chi connectivity index (χ3v) is 8.86. The predicted molar refractivity (Wildman–Crippen MR) is 123 cm³/mol. The molecular weight excluding hydrogens is 442 g/mol. The largest absolute Gasteiger partial charge is 0.338 e. The van der Waals surface area contributed by atoms with Crippen molar-refractivity contribution >= 4 is 21.4 Å². The van der Waals surface area contributed by atoms with Gasteiger partial charge in [-0.2, -0.15) is 9.29 Å². The summed E-state index contributed by atoms with van der Waals surface area (Å²) in [5, 5.41) is 6.27. The summed E-state index contributed by atoms with van der Waals surface area (Å²) in [7, 11) is -3.54. The molecule has 0 radical (unpaired) electrons. The number of rotatable bonds is 6. The monoisotopic (exact) mass is 465 g/mol. The molecule has 1 aliphatic rings. The van der Waals surface area contributed by atoms with E-state index in [9.17, 15) is 8.42 Å². The lowest BCUT2D eigenvalue weighted by molar-refractivity contribution is 0.214. The van der Waals surface area contributed by atoms with Crippen LogP contribution in [0.1, 0.15) is 35.0 Å². The van der Waals surface area contributed by atoms with Crippen molar-refractivity contribution in [1.29, 1.82) is 0 Å². The van der Waals surface area contributed by atoms with E-state index in [0.717, 1.165) is 5.56 Å². The first-order valence-corrected chi connectivity index (χ1v) is 12.9. The van der Waals surface area contributed by atoms with E-state index in [4.69, 9.17) is 9.51 Å². The smallest absolute Gasteiger partial charge is 0.243 e. The van der Waals surface area contributed by atoms with Crippen molar-refractivity contribution in [3.05, 3.63) is 100 Å². The van der Waals surface area contributed by atoms with Crippen molar-refractivity contribution in [3.8, 4) is 0 Å². The first kappa shape index (κ1) is 21.1. The maximum Gasteiger partial charge on any atom is 0.243 e. The van der Waals surface area contributed by atoms with Crippen LogP contribution in [0, 0.1) is 0 Å². The molecule has 2 aromatic carbocycles. The lowest BCUT2D eigenvalue weighted by atomic mass is 9.73. The van der Waals surface area contributed by atoms with Crippen molar-refractivity contribution in [2.75, 3.05) is 13.1 Å². The maximum atomic E-state index is 13.1. The molecule has 1 aliphatic heterocycles. The number of piperidine rings is 1. The minimum absolute atomic E-state index is 0.322. The van der Waals surface area contributed by atoms with Gasteiger partial charge in [-0.3, -0.25) is 0 Å². The molecule has 0 saturated carbocycles. The SMILES string of the molecule is O=S(=O)(c1ccccc1)N1CCC(c2ccccc2)(c2nc(Cc3cccs3)no2)CC1. The summed E-state index contributed by atoms with van der Waals surface area (Å²) in [4.78, 5) is 6.26. The Morgan fingerprint density at radius 1 is 0.938 bits per heavy atom. The van der Waals surface area contributed by atoms with Gasteiger partial charge in [-0.25, -0.2) is 8.42 Å². The van der Waals surface area contributed by atoms with E-state index in [-0.39, 0.29) is 0 Å². The third-order valence-electron chi connectivity index (χ3n) is 6.07. The molecule has 4 aromatic rings. The predicted octanol–water partition coefficient (Wildman–Crippen LogP) is 4.49. The molecule has 1 saturated heterocycles. The summed E-state index contributed by atoms with van der Waals surface area (Å²) in [5.41, 5.74) is 0.563. The van der Waals surface area contributed by atoms with Gasteiger partial charge in [0.05, 0.1) is 10.3 Å². The van der Waals surface area contributed by atoms with E-state index in [2.05, 4.69) is 23.4 Å². The highest BCUT2D eigenvalue weighted by Crippen LogP contribution is 2.42. The van der Waals surface area contributed by atoms with Gasteiger partial charge in [-0.15, -0.1) is 11.3 Å². The Hall–Kier alpha value is -2.81. The van der Waals surface area contributed by atoms with Crippen LogP contribution in [0.25, 0.3) is 0 Å². The van der Waals surface area contributed by atoms with E-state index in [1.54, 1.807) is 39.9 Å². The van der Waals surface area contributed by atoms with Gasteiger partial charge in [0, 0.05) is 24.4 Å². The quantitative estimate of drug-likeness (QED) is 0.419. The Kier molecular flexibility index (Phi) is 5.67. The fraction of sp³-hybridized carbons (Fsp3) is 0.250. The first-order valence-electron chi connectivity index (χ1n) is 10.5. The van der Waals surface area contributed by atoms with Crippen molar-refractivity contribution in [2.45, 2.75) is 29.6 Å². The summed E-state index contributed by atoms with van der Waals surface area (Å²) in [5.74, 6) is 1.21. The highest BCUT2D eigenvalue weighted by molar-refractivity contribution is 7.89. The van der Waals surface area contributed by atoms with Gasteiger partial charge in [-0.1, -0.05) is 59.8 Å². The third kappa shape index (κ3) is 3.90. The molecule has 5 rings (SSSR count). The summed E-state index contributed by atoms with van der Waals surface area (Å²) < 4.78 is 33.6. The molecule has 2 aromatic heterocycles. The molecule has 0 N–H and O–H groups in total. The first-order chi connectivity index (χ1) is 15.6. The Morgan fingerprint density at radius 2 is 1.62 bits per heavy atom. The second-order valence-electron chi connectivity index (χ2n) is 7.94. The van der Waals surface area contributed by atoms with Crippen LogP contribution < -0.4 is 0 Å². The average molecular weight is 466 g/mol. The van der Waals surface area contributed by atoms with Gasteiger partial charge in [-0.05, 0) is 42.0 Å². The Balaban J connectivity index is 1.44. The number of benzene rings is 2. The Bertz CT molecular complexity index is 1260. The van der Waals surface area contributed by atoms with Gasteiger partial charge in [0.1, 0.15) is 0 Å².